The number of benzene rings is 3. The number of ether oxygens (including phenoxy) is 2. The van der Waals surface area contributed by atoms with Crippen LogP contribution in [0, 0.1) is 19.8 Å². The molecule has 1 aliphatic rings. The van der Waals surface area contributed by atoms with Gasteiger partial charge in [0.15, 0.2) is 0 Å². The molecule has 3 aromatic rings. The first kappa shape index (κ1) is 26.3. The van der Waals surface area contributed by atoms with Crippen molar-refractivity contribution in [1.82, 2.24) is 0 Å². The molecule has 6 nitrogen and oxygen atoms in total. The fourth-order valence-corrected chi connectivity index (χ4v) is 4.74. The molecule has 1 aliphatic heterocycles. The Morgan fingerprint density at radius 1 is 1.00 bits per heavy atom. The Kier molecular flexibility index (Phi) is 7.60. The topological polar surface area (TPSA) is 76.1 Å². The molecule has 1 fully saturated rings. The molecule has 0 saturated carbocycles. The summed E-state index contributed by atoms with van der Waals surface area (Å²) in [6, 6.07) is 17.1. The zero-order chi connectivity index (χ0) is 26.9. The van der Waals surface area contributed by atoms with E-state index in [1.165, 1.54) is 12.0 Å². The van der Waals surface area contributed by atoms with Crippen molar-refractivity contribution in [3.05, 3.63) is 93.5 Å². The first-order valence-corrected chi connectivity index (χ1v) is 12.4. The molecule has 0 radical (unpaired) electrons. The van der Waals surface area contributed by atoms with Crippen LogP contribution >= 0.6 is 11.6 Å². The minimum atomic E-state index is -0.870. The maximum Gasteiger partial charge on any atom is 0.300 e. The van der Waals surface area contributed by atoms with Crippen molar-refractivity contribution < 1.29 is 24.2 Å². The predicted octanol–water partition coefficient (Wildman–Crippen LogP) is 6.63. The van der Waals surface area contributed by atoms with Gasteiger partial charge >= 0.3 is 0 Å². The van der Waals surface area contributed by atoms with Crippen molar-refractivity contribution in [3.63, 3.8) is 0 Å². The highest BCUT2D eigenvalue weighted by atomic mass is 35.5. The normalized spacial score (nSPS) is 16.9. The van der Waals surface area contributed by atoms with E-state index in [0.29, 0.717) is 34.5 Å². The van der Waals surface area contributed by atoms with Crippen LogP contribution in [0.1, 0.15) is 42.1 Å². The summed E-state index contributed by atoms with van der Waals surface area (Å²) in [7, 11) is 1.44. The van der Waals surface area contributed by atoms with Crippen LogP contribution in [0.25, 0.3) is 5.76 Å². The minimum Gasteiger partial charge on any atom is -0.507 e. The standard InChI is InChI=1S/C30H30ClNO5/c1-17(2)16-37-22-12-8-20(9-13-22)26-25(27(33)23-14-19(4)15-24(31)29(23)36-5)28(34)30(35)32(26)21-10-6-18(3)7-11-21/h6-15,17,26,33H,16H2,1-5H3/b27-25+. The van der Waals surface area contributed by atoms with E-state index in [-0.39, 0.29) is 22.6 Å². The van der Waals surface area contributed by atoms with Gasteiger partial charge in [-0.15, -0.1) is 0 Å². The second-order valence-electron chi connectivity index (χ2n) is 9.61. The zero-order valence-electron chi connectivity index (χ0n) is 21.5. The van der Waals surface area contributed by atoms with Gasteiger partial charge in [-0.3, -0.25) is 14.5 Å². The minimum absolute atomic E-state index is 0.0404. The third-order valence-electron chi connectivity index (χ3n) is 6.18. The molecule has 37 heavy (non-hydrogen) atoms. The van der Waals surface area contributed by atoms with Gasteiger partial charge in [0.1, 0.15) is 17.3 Å². The fourth-order valence-electron chi connectivity index (χ4n) is 4.39. The summed E-state index contributed by atoms with van der Waals surface area (Å²) in [4.78, 5) is 28.3. The third-order valence-corrected chi connectivity index (χ3v) is 6.46. The summed E-state index contributed by atoms with van der Waals surface area (Å²) in [5.41, 5.74) is 3.19. The molecule has 1 saturated heterocycles. The van der Waals surface area contributed by atoms with E-state index in [2.05, 4.69) is 13.8 Å². The maximum absolute atomic E-state index is 13.5. The number of carbonyl (C=O) groups excluding carboxylic acids is 2. The SMILES string of the molecule is COc1c(Cl)cc(C)cc1/C(O)=C1\C(=O)C(=O)N(c2ccc(C)cc2)C1c1ccc(OCC(C)C)cc1. The predicted molar refractivity (Wildman–Crippen MR) is 145 cm³/mol. The van der Waals surface area contributed by atoms with Crippen molar-refractivity contribution in [3.8, 4) is 11.5 Å². The van der Waals surface area contributed by atoms with Gasteiger partial charge in [0.05, 0.1) is 35.9 Å². The van der Waals surface area contributed by atoms with Gasteiger partial charge in [0.2, 0.25) is 0 Å². The summed E-state index contributed by atoms with van der Waals surface area (Å²) in [6.45, 7) is 8.46. The van der Waals surface area contributed by atoms with Crippen LogP contribution in [0.5, 0.6) is 11.5 Å². The van der Waals surface area contributed by atoms with E-state index in [1.807, 2.05) is 26.0 Å². The molecule has 4 rings (SSSR count). The van der Waals surface area contributed by atoms with E-state index in [1.54, 1.807) is 48.5 Å². The van der Waals surface area contributed by atoms with Crippen LogP contribution in [-0.2, 0) is 9.59 Å². The summed E-state index contributed by atoms with van der Waals surface area (Å²) >= 11 is 6.38. The average Bonchev–Trinajstić information content (AvgIpc) is 3.13. The molecule has 1 heterocycles. The van der Waals surface area contributed by atoms with E-state index in [0.717, 1.165) is 11.1 Å². The fraction of sp³-hybridized carbons (Fsp3) is 0.267. The summed E-state index contributed by atoms with van der Waals surface area (Å²) in [5, 5.41) is 11.8. The lowest BCUT2D eigenvalue weighted by Crippen LogP contribution is -2.29. The number of carbonyl (C=O) groups is 2. The summed E-state index contributed by atoms with van der Waals surface area (Å²) in [6.07, 6.45) is 0. The molecule has 1 amide bonds. The Morgan fingerprint density at radius 3 is 2.24 bits per heavy atom. The highest BCUT2D eigenvalue weighted by Crippen LogP contribution is 2.44. The lowest BCUT2D eigenvalue weighted by atomic mass is 9.94. The Hall–Kier alpha value is -3.77. The number of rotatable bonds is 7. The van der Waals surface area contributed by atoms with Crippen molar-refractivity contribution in [2.75, 3.05) is 18.6 Å². The Labute approximate surface area is 222 Å². The van der Waals surface area contributed by atoms with Crippen LogP contribution < -0.4 is 14.4 Å². The number of nitrogens with zero attached hydrogens (tertiary/aromatic N) is 1. The van der Waals surface area contributed by atoms with E-state index < -0.39 is 17.7 Å². The molecule has 1 atom stereocenters. The second-order valence-corrected chi connectivity index (χ2v) is 10.0. The van der Waals surface area contributed by atoms with Crippen LogP contribution in [0.2, 0.25) is 5.02 Å². The van der Waals surface area contributed by atoms with Crippen molar-refractivity contribution in [2.45, 2.75) is 33.7 Å². The van der Waals surface area contributed by atoms with Gasteiger partial charge in [0, 0.05) is 5.69 Å². The van der Waals surface area contributed by atoms with Crippen LogP contribution in [0.15, 0.2) is 66.2 Å². The lowest BCUT2D eigenvalue weighted by molar-refractivity contribution is -0.132. The molecular weight excluding hydrogens is 490 g/mol. The molecule has 0 aromatic heterocycles. The molecule has 192 valence electrons. The lowest BCUT2D eigenvalue weighted by Gasteiger charge is -2.26. The van der Waals surface area contributed by atoms with Crippen molar-refractivity contribution in [1.29, 1.82) is 0 Å². The number of anilines is 1. The molecule has 3 aromatic carbocycles. The summed E-state index contributed by atoms with van der Waals surface area (Å²) in [5.74, 6) is -0.597. The number of ketones is 1. The largest absolute Gasteiger partial charge is 0.507 e. The third kappa shape index (κ3) is 5.20. The number of halogens is 1. The van der Waals surface area contributed by atoms with Crippen molar-refractivity contribution >= 4 is 34.7 Å². The number of amides is 1. The summed E-state index contributed by atoms with van der Waals surface area (Å²) < 4.78 is 11.3. The molecular formula is C30H30ClNO5. The number of aliphatic hydroxyl groups is 1. The molecule has 1 unspecified atom stereocenters. The molecule has 1 N–H and O–H groups in total. The van der Waals surface area contributed by atoms with Crippen molar-refractivity contribution in [2.24, 2.45) is 5.92 Å². The second kappa shape index (κ2) is 10.7. The number of hydrogen-bond acceptors (Lipinski definition) is 5. The molecule has 0 spiro atoms. The van der Waals surface area contributed by atoms with Crippen LogP contribution in [-0.4, -0.2) is 30.5 Å². The number of aliphatic hydroxyl groups excluding tert-OH is 1. The van der Waals surface area contributed by atoms with Gasteiger partial charge in [-0.05, 0) is 67.3 Å². The van der Waals surface area contributed by atoms with E-state index in [4.69, 9.17) is 21.1 Å². The average molecular weight is 520 g/mol. The highest BCUT2D eigenvalue weighted by molar-refractivity contribution is 6.51. The Morgan fingerprint density at radius 2 is 1.65 bits per heavy atom. The highest BCUT2D eigenvalue weighted by Gasteiger charge is 2.47. The number of aryl methyl sites for hydroxylation is 2. The van der Waals surface area contributed by atoms with Gasteiger partial charge in [0.25, 0.3) is 11.7 Å². The molecule has 0 bridgehead atoms. The van der Waals surface area contributed by atoms with E-state index in [9.17, 15) is 14.7 Å². The van der Waals surface area contributed by atoms with Gasteiger partial charge in [-0.2, -0.15) is 0 Å². The smallest absolute Gasteiger partial charge is 0.300 e. The quantitative estimate of drug-likeness (QED) is 0.215. The number of Topliss-reactive ketones (excluding diaryl/α,β-unsaturated/α-hetero) is 1. The monoisotopic (exact) mass is 519 g/mol. The van der Waals surface area contributed by atoms with E-state index >= 15 is 0 Å². The number of methoxy groups -OCH3 is 1. The Bertz CT molecular complexity index is 1360. The zero-order valence-corrected chi connectivity index (χ0v) is 22.3. The molecule has 7 heteroatoms. The van der Waals surface area contributed by atoms with Gasteiger partial charge in [-0.25, -0.2) is 0 Å². The van der Waals surface area contributed by atoms with Gasteiger partial charge in [-0.1, -0.05) is 55.3 Å². The maximum atomic E-state index is 13.5. The first-order valence-electron chi connectivity index (χ1n) is 12.1. The van der Waals surface area contributed by atoms with Crippen LogP contribution in [0.3, 0.4) is 0 Å². The van der Waals surface area contributed by atoms with Crippen LogP contribution in [0.4, 0.5) is 5.69 Å². The van der Waals surface area contributed by atoms with Gasteiger partial charge < -0.3 is 14.6 Å². The first-order chi connectivity index (χ1) is 17.6. The Balaban J connectivity index is 1.91. The molecule has 0 aliphatic carbocycles. The number of hydrogen-bond donors (Lipinski definition) is 1.